The molecule has 0 fully saturated rings. The molecule has 2 aliphatic rings. The van der Waals surface area contributed by atoms with Crippen LogP contribution in [-0.2, 0) is 25.7 Å². The average molecular weight is 282 g/mol. The van der Waals surface area contributed by atoms with Gasteiger partial charge in [-0.3, -0.25) is 0 Å². The van der Waals surface area contributed by atoms with E-state index in [0.29, 0.717) is 0 Å². The highest BCUT2D eigenvalue weighted by atomic mass is 14.3. The maximum atomic E-state index is 2.49. The van der Waals surface area contributed by atoms with Crippen molar-refractivity contribution in [2.45, 2.75) is 38.5 Å². The molecule has 0 radical (unpaired) electrons. The van der Waals surface area contributed by atoms with Crippen LogP contribution in [0.1, 0.15) is 35.1 Å². The zero-order valence-electron chi connectivity index (χ0n) is 12.7. The Morgan fingerprint density at radius 1 is 0.455 bits per heavy atom. The molecule has 106 valence electrons. The fourth-order valence-electron chi connectivity index (χ4n) is 5.11. The van der Waals surface area contributed by atoms with Crippen LogP contribution in [0.5, 0.6) is 0 Å². The van der Waals surface area contributed by atoms with Crippen molar-refractivity contribution in [2.75, 3.05) is 0 Å². The lowest BCUT2D eigenvalue weighted by molar-refractivity contribution is 0.806. The van der Waals surface area contributed by atoms with Crippen LogP contribution >= 0.6 is 0 Å². The molecule has 0 amide bonds. The maximum absolute atomic E-state index is 2.49. The monoisotopic (exact) mass is 282 g/mol. The molecule has 0 N–H and O–H groups in total. The minimum Gasteiger partial charge on any atom is -0.0578 e. The highest BCUT2D eigenvalue weighted by Gasteiger charge is 2.22. The van der Waals surface area contributed by atoms with Crippen molar-refractivity contribution < 1.29 is 0 Å². The van der Waals surface area contributed by atoms with E-state index in [2.05, 4.69) is 36.4 Å². The molecule has 0 heteroatoms. The molecule has 6 rings (SSSR count). The van der Waals surface area contributed by atoms with Crippen molar-refractivity contribution in [2.24, 2.45) is 0 Å². The van der Waals surface area contributed by atoms with E-state index in [4.69, 9.17) is 0 Å². The van der Waals surface area contributed by atoms with E-state index in [9.17, 15) is 0 Å². The van der Waals surface area contributed by atoms with Crippen LogP contribution in [0.2, 0.25) is 0 Å². The van der Waals surface area contributed by atoms with Gasteiger partial charge in [-0.2, -0.15) is 0 Å². The fourth-order valence-corrected chi connectivity index (χ4v) is 5.11. The second kappa shape index (κ2) is 3.81. The van der Waals surface area contributed by atoms with Gasteiger partial charge in [0.2, 0.25) is 0 Å². The molecule has 0 spiro atoms. The third-order valence-electron chi connectivity index (χ3n) is 5.98. The van der Waals surface area contributed by atoms with E-state index < -0.39 is 0 Å². The highest BCUT2D eigenvalue weighted by Crippen LogP contribution is 2.44. The summed E-state index contributed by atoms with van der Waals surface area (Å²) in [7, 11) is 0. The van der Waals surface area contributed by atoms with Crippen LogP contribution in [0, 0.1) is 0 Å². The summed E-state index contributed by atoms with van der Waals surface area (Å²) in [5.74, 6) is 0. The van der Waals surface area contributed by atoms with Crippen molar-refractivity contribution >= 4 is 32.3 Å². The molecule has 0 atom stereocenters. The predicted octanol–water partition coefficient (Wildman–Crippen LogP) is 5.56. The van der Waals surface area contributed by atoms with Crippen molar-refractivity contribution in [3.63, 3.8) is 0 Å². The van der Waals surface area contributed by atoms with Gasteiger partial charge in [0.05, 0.1) is 0 Å². The molecular weight excluding hydrogens is 264 g/mol. The SMILES string of the molecule is c1cc2cc3c4c(ccc5cc6c(c1CCC6)c2c54)CCC3. The normalized spacial score (nSPS) is 16.9. The second-order valence-corrected chi connectivity index (χ2v) is 7.17. The third-order valence-corrected chi connectivity index (χ3v) is 5.98. The number of hydrogen-bond acceptors (Lipinski definition) is 0. The van der Waals surface area contributed by atoms with E-state index in [1.54, 1.807) is 43.8 Å². The van der Waals surface area contributed by atoms with Gasteiger partial charge in [0.15, 0.2) is 0 Å². The van der Waals surface area contributed by atoms with Gasteiger partial charge in [-0.05, 0) is 93.1 Å². The first-order chi connectivity index (χ1) is 10.9. The Labute approximate surface area is 130 Å². The van der Waals surface area contributed by atoms with Crippen molar-refractivity contribution in [3.8, 4) is 0 Å². The van der Waals surface area contributed by atoms with E-state index >= 15 is 0 Å². The lowest BCUT2D eigenvalue weighted by Crippen LogP contribution is -2.06. The Hall–Kier alpha value is -2.08. The van der Waals surface area contributed by atoms with Gasteiger partial charge in [0, 0.05) is 0 Å². The first-order valence-corrected chi connectivity index (χ1v) is 8.64. The molecule has 0 saturated heterocycles. The molecule has 0 aromatic heterocycles. The largest absolute Gasteiger partial charge is 0.0578 e. The van der Waals surface area contributed by atoms with Gasteiger partial charge in [0.25, 0.3) is 0 Å². The topological polar surface area (TPSA) is 0 Å². The zero-order chi connectivity index (χ0) is 14.3. The molecule has 4 aromatic carbocycles. The summed E-state index contributed by atoms with van der Waals surface area (Å²) in [4.78, 5) is 0. The van der Waals surface area contributed by atoms with E-state index in [1.165, 1.54) is 49.3 Å². The summed E-state index contributed by atoms with van der Waals surface area (Å²) in [6.07, 6.45) is 7.60. The van der Waals surface area contributed by atoms with Gasteiger partial charge in [-0.1, -0.05) is 36.4 Å². The second-order valence-electron chi connectivity index (χ2n) is 7.17. The third kappa shape index (κ3) is 1.26. The molecule has 22 heavy (non-hydrogen) atoms. The van der Waals surface area contributed by atoms with Crippen LogP contribution in [0.25, 0.3) is 32.3 Å². The molecule has 0 bridgehead atoms. The number of benzene rings is 4. The van der Waals surface area contributed by atoms with Crippen LogP contribution in [0.3, 0.4) is 0 Å². The lowest BCUT2D eigenvalue weighted by Gasteiger charge is -2.25. The van der Waals surface area contributed by atoms with Crippen molar-refractivity contribution in [3.05, 3.63) is 58.7 Å². The molecular formula is C22H18. The van der Waals surface area contributed by atoms with Crippen molar-refractivity contribution in [1.29, 1.82) is 0 Å². The van der Waals surface area contributed by atoms with E-state index in [0.717, 1.165) is 0 Å². The summed E-state index contributed by atoms with van der Waals surface area (Å²) >= 11 is 0. The van der Waals surface area contributed by atoms with Crippen LogP contribution in [-0.4, -0.2) is 0 Å². The zero-order valence-corrected chi connectivity index (χ0v) is 12.7. The van der Waals surface area contributed by atoms with Gasteiger partial charge >= 0.3 is 0 Å². The average Bonchev–Trinajstić information content (AvgIpc) is 2.57. The lowest BCUT2D eigenvalue weighted by atomic mass is 9.79. The van der Waals surface area contributed by atoms with Gasteiger partial charge in [-0.15, -0.1) is 0 Å². The first-order valence-electron chi connectivity index (χ1n) is 8.64. The maximum Gasteiger partial charge on any atom is -0.00210 e. The Morgan fingerprint density at radius 3 is 1.41 bits per heavy atom. The molecule has 0 aliphatic heterocycles. The van der Waals surface area contributed by atoms with Crippen LogP contribution in [0.4, 0.5) is 0 Å². The standard InChI is InChI=1S/C22H18/c1-3-13-7-9-18-12-16-6-2-4-14-8-10-17-11-15(5-1)19(13)21(18)22(17)20(14)16/h7-12H,1-6H2. The summed E-state index contributed by atoms with van der Waals surface area (Å²) in [5, 5.41) is 9.23. The highest BCUT2D eigenvalue weighted by molar-refractivity contribution is 6.26. The smallest absolute Gasteiger partial charge is 0.00210 e. The van der Waals surface area contributed by atoms with Crippen LogP contribution < -0.4 is 0 Å². The molecule has 2 aliphatic carbocycles. The van der Waals surface area contributed by atoms with Gasteiger partial charge in [0.1, 0.15) is 0 Å². The van der Waals surface area contributed by atoms with Crippen LogP contribution in [0.15, 0.2) is 36.4 Å². The molecule has 0 unspecified atom stereocenters. The first kappa shape index (κ1) is 11.5. The van der Waals surface area contributed by atoms with Gasteiger partial charge in [-0.25, -0.2) is 0 Å². The van der Waals surface area contributed by atoms with Crippen molar-refractivity contribution in [1.82, 2.24) is 0 Å². The molecule has 0 saturated carbocycles. The molecule has 4 aromatic rings. The Bertz CT molecular complexity index is 980. The van der Waals surface area contributed by atoms with E-state index in [-0.39, 0.29) is 0 Å². The fraction of sp³-hybridized carbons (Fsp3) is 0.273. The number of hydrogen-bond donors (Lipinski definition) is 0. The Balaban J connectivity index is 1.99. The number of rotatable bonds is 0. The molecule has 0 heterocycles. The minimum atomic E-state index is 1.25. The summed E-state index contributed by atoms with van der Waals surface area (Å²) in [6, 6.07) is 14.5. The van der Waals surface area contributed by atoms with E-state index in [1.807, 2.05) is 0 Å². The predicted molar refractivity (Wildman–Crippen MR) is 94.2 cm³/mol. The number of aryl methyl sites for hydroxylation is 4. The summed E-state index contributed by atoms with van der Waals surface area (Å²) < 4.78 is 0. The minimum absolute atomic E-state index is 1.25. The Kier molecular flexibility index (Phi) is 1.99. The van der Waals surface area contributed by atoms with Gasteiger partial charge < -0.3 is 0 Å². The molecule has 0 nitrogen and oxygen atoms in total. The Morgan fingerprint density at radius 2 is 0.909 bits per heavy atom. The summed E-state index contributed by atoms with van der Waals surface area (Å²) in [6.45, 7) is 0. The summed E-state index contributed by atoms with van der Waals surface area (Å²) in [5.41, 5.74) is 6.32. The quantitative estimate of drug-likeness (QED) is 0.370.